The molecule has 1 aromatic heterocycles. The van der Waals surface area contributed by atoms with Crippen molar-refractivity contribution < 1.29 is 14.7 Å². The summed E-state index contributed by atoms with van der Waals surface area (Å²) in [6.45, 7) is 2.37. The van der Waals surface area contributed by atoms with Crippen molar-refractivity contribution in [3.63, 3.8) is 0 Å². The van der Waals surface area contributed by atoms with E-state index in [0.717, 1.165) is 37.3 Å². The Morgan fingerprint density at radius 1 is 0.941 bits per heavy atom. The van der Waals surface area contributed by atoms with Crippen molar-refractivity contribution in [2.75, 3.05) is 25.4 Å². The van der Waals surface area contributed by atoms with Crippen LogP contribution < -0.4 is 17.2 Å². The zero-order valence-corrected chi connectivity index (χ0v) is 19.1. The van der Waals surface area contributed by atoms with Gasteiger partial charge in [0, 0.05) is 30.8 Å². The number of aromatic nitrogens is 1. The highest BCUT2D eigenvalue weighted by Crippen LogP contribution is 2.21. The lowest BCUT2D eigenvalue weighted by molar-refractivity contribution is -0.145. The summed E-state index contributed by atoms with van der Waals surface area (Å²) in [5.41, 5.74) is 19.3. The lowest BCUT2D eigenvalue weighted by atomic mass is 9.88. The Bertz CT molecular complexity index is 1090. The third-order valence-corrected chi connectivity index (χ3v) is 5.97. The van der Waals surface area contributed by atoms with E-state index >= 15 is 0 Å². The maximum absolute atomic E-state index is 11.2. The van der Waals surface area contributed by atoms with Crippen molar-refractivity contribution in [3.8, 4) is 11.3 Å². The van der Waals surface area contributed by atoms with Gasteiger partial charge in [0.2, 0.25) is 5.91 Å². The van der Waals surface area contributed by atoms with E-state index in [2.05, 4.69) is 34.1 Å². The molecule has 2 heterocycles. The molecular weight excluding hydrogens is 430 g/mol. The number of hydrogen-bond acceptors (Lipinski definition) is 6. The van der Waals surface area contributed by atoms with Crippen LogP contribution in [0.5, 0.6) is 0 Å². The summed E-state index contributed by atoms with van der Waals surface area (Å²) in [6.07, 6.45) is 1.93. The fourth-order valence-electron chi connectivity index (χ4n) is 3.73. The zero-order valence-electron chi connectivity index (χ0n) is 19.1. The van der Waals surface area contributed by atoms with Crippen molar-refractivity contribution in [1.29, 1.82) is 0 Å². The number of nitrogen functional groups attached to an aromatic ring is 1. The molecule has 34 heavy (non-hydrogen) atoms. The van der Waals surface area contributed by atoms with Gasteiger partial charge in [0.25, 0.3) is 0 Å². The highest BCUT2D eigenvalue weighted by atomic mass is 16.4. The van der Waals surface area contributed by atoms with Crippen LogP contribution in [0.3, 0.4) is 0 Å². The first-order valence-electron chi connectivity index (χ1n) is 11.2. The highest BCUT2D eigenvalue weighted by Gasteiger charge is 2.37. The van der Waals surface area contributed by atoms with Crippen LogP contribution in [0.25, 0.3) is 11.3 Å². The van der Waals surface area contributed by atoms with Crippen LogP contribution in [-0.4, -0.2) is 52.0 Å². The van der Waals surface area contributed by atoms with Crippen LogP contribution in [-0.2, 0) is 11.2 Å². The fraction of sp³-hybridized carbons (Fsp3) is 0.269. The van der Waals surface area contributed by atoms with E-state index < -0.39 is 11.5 Å². The van der Waals surface area contributed by atoms with E-state index in [0.29, 0.717) is 24.2 Å². The summed E-state index contributed by atoms with van der Waals surface area (Å²) < 4.78 is 0. The minimum Gasteiger partial charge on any atom is -0.480 e. The number of nitrogens with zero attached hydrogens (tertiary/aromatic N) is 2. The van der Waals surface area contributed by atoms with Gasteiger partial charge in [-0.05, 0) is 49.1 Å². The number of nitrogens with two attached hydrogens (primary N) is 3. The second-order valence-corrected chi connectivity index (χ2v) is 8.43. The molecule has 0 atom stereocenters. The first kappa shape index (κ1) is 24.9. The van der Waals surface area contributed by atoms with Crippen LogP contribution in [0.4, 0.5) is 5.82 Å². The minimum absolute atomic E-state index is 0.379. The summed E-state index contributed by atoms with van der Waals surface area (Å²) in [5.74, 6) is -0.752. The summed E-state index contributed by atoms with van der Waals surface area (Å²) in [5, 5.41) is 9.17. The van der Waals surface area contributed by atoms with Crippen molar-refractivity contribution in [3.05, 3.63) is 83.9 Å². The molecular formula is C26H31N5O3. The first-order valence-corrected chi connectivity index (χ1v) is 11.2. The smallest absolute Gasteiger partial charge is 0.323 e. The Morgan fingerprint density at radius 3 is 2.12 bits per heavy atom. The number of carbonyl (C=O) groups excluding carboxylic acids is 1. The van der Waals surface area contributed by atoms with Gasteiger partial charge in [-0.25, -0.2) is 4.98 Å². The second-order valence-electron chi connectivity index (χ2n) is 8.43. The molecule has 1 amide bonds. The molecule has 0 spiro atoms. The number of likely N-dealkylation sites (tertiary alicyclic amines) is 1. The minimum atomic E-state index is -1.05. The standard InChI is InChI=1S/C19H24N4O2.C7H7NO/c20-17-3-1-2-16(22-17)15-6-4-14(5-7-15)8-11-23-12-9-19(21,10-13-23)18(24)25;8-7(9)6-4-2-1-3-5-6/h1-7H,8-13,21H2,(H2,20,22)(H,24,25);1-5H,(H2,8,9). The molecule has 2 aromatic carbocycles. The SMILES string of the molecule is NC(=O)c1ccccc1.Nc1cccc(-c2ccc(CCN3CCC(N)(C(=O)O)CC3)cc2)n1. The fourth-order valence-corrected chi connectivity index (χ4v) is 3.73. The van der Waals surface area contributed by atoms with Crippen LogP contribution in [0.2, 0.25) is 0 Å². The molecule has 1 aliphatic rings. The quantitative estimate of drug-likeness (QED) is 0.441. The summed E-state index contributed by atoms with van der Waals surface area (Å²) in [4.78, 5) is 28.2. The summed E-state index contributed by atoms with van der Waals surface area (Å²) in [7, 11) is 0. The topological polar surface area (TPSA) is 149 Å². The molecule has 0 aliphatic carbocycles. The third-order valence-electron chi connectivity index (χ3n) is 5.97. The van der Waals surface area contributed by atoms with Gasteiger partial charge >= 0.3 is 5.97 Å². The number of aliphatic carboxylic acids is 1. The first-order chi connectivity index (χ1) is 16.3. The van der Waals surface area contributed by atoms with Gasteiger partial charge in [-0.1, -0.05) is 48.5 Å². The summed E-state index contributed by atoms with van der Waals surface area (Å²) >= 11 is 0. The summed E-state index contributed by atoms with van der Waals surface area (Å²) in [6, 6.07) is 22.7. The largest absolute Gasteiger partial charge is 0.480 e. The van der Waals surface area contributed by atoms with E-state index in [9.17, 15) is 14.7 Å². The van der Waals surface area contributed by atoms with E-state index in [1.807, 2.05) is 18.2 Å². The monoisotopic (exact) mass is 461 g/mol. The van der Waals surface area contributed by atoms with Crippen molar-refractivity contribution in [2.24, 2.45) is 11.5 Å². The number of carbonyl (C=O) groups is 2. The van der Waals surface area contributed by atoms with Gasteiger partial charge in [0.05, 0.1) is 5.69 Å². The Hall–Kier alpha value is -3.75. The molecule has 1 saturated heterocycles. The Labute approximate surface area is 199 Å². The number of amides is 1. The number of rotatable bonds is 6. The van der Waals surface area contributed by atoms with E-state index in [1.54, 1.807) is 30.3 Å². The van der Waals surface area contributed by atoms with Gasteiger partial charge in [0.15, 0.2) is 0 Å². The molecule has 8 heteroatoms. The lowest BCUT2D eigenvalue weighted by Crippen LogP contribution is -2.55. The highest BCUT2D eigenvalue weighted by molar-refractivity contribution is 5.92. The van der Waals surface area contributed by atoms with Crippen molar-refractivity contribution >= 4 is 17.7 Å². The number of primary amides is 1. The van der Waals surface area contributed by atoms with E-state index in [-0.39, 0.29) is 5.91 Å². The predicted molar refractivity (Wildman–Crippen MR) is 133 cm³/mol. The molecule has 3 aromatic rings. The van der Waals surface area contributed by atoms with Crippen LogP contribution in [0.15, 0.2) is 72.8 Å². The second kappa shape index (κ2) is 11.4. The van der Waals surface area contributed by atoms with Crippen molar-refractivity contribution in [1.82, 2.24) is 9.88 Å². The van der Waals surface area contributed by atoms with Gasteiger partial charge in [-0.15, -0.1) is 0 Å². The maximum atomic E-state index is 11.2. The average molecular weight is 462 g/mol. The number of carboxylic acids is 1. The molecule has 7 N–H and O–H groups in total. The van der Waals surface area contributed by atoms with Crippen LogP contribution in [0.1, 0.15) is 28.8 Å². The average Bonchev–Trinajstić information content (AvgIpc) is 2.85. The maximum Gasteiger partial charge on any atom is 0.323 e. The number of piperidine rings is 1. The molecule has 0 bridgehead atoms. The van der Waals surface area contributed by atoms with Crippen LogP contribution >= 0.6 is 0 Å². The third kappa shape index (κ3) is 6.87. The van der Waals surface area contributed by atoms with Crippen molar-refractivity contribution in [2.45, 2.75) is 24.8 Å². The molecule has 0 saturated carbocycles. The van der Waals surface area contributed by atoms with Gasteiger partial charge in [0.1, 0.15) is 11.4 Å². The normalized spacial score (nSPS) is 15.1. The Kier molecular flexibility index (Phi) is 8.34. The van der Waals surface area contributed by atoms with Crippen LogP contribution in [0, 0.1) is 0 Å². The van der Waals surface area contributed by atoms with Gasteiger partial charge in [-0.2, -0.15) is 0 Å². The predicted octanol–water partition coefficient (Wildman–Crippen LogP) is 2.54. The molecule has 0 unspecified atom stereocenters. The number of carboxylic acid groups (broad SMARTS) is 1. The van der Waals surface area contributed by atoms with Gasteiger partial charge < -0.3 is 27.2 Å². The van der Waals surface area contributed by atoms with Gasteiger partial charge in [-0.3, -0.25) is 9.59 Å². The molecule has 1 fully saturated rings. The van der Waals surface area contributed by atoms with E-state index in [1.165, 1.54) is 5.56 Å². The number of anilines is 1. The van der Waals surface area contributed by atoms with E-state index in [4.69, 9.17) is 17.2 Å². The molecule has 1 aliphatic heterocycles. The number of pyridine rings is 1. The number of hydrogen-bond donors (Lipinski definition) is 4. The Balaban J connectivity index is 0.000000302. The molecule has 4 rings (SSSR count). The molecule has 0 radical (unpaired) electrons. The number of benzene rings is 2. The molecule has 8 nitrogen and oxygen atoms in total. The lowest BCUT2D eigenvalue weighted by Gasteiger charge is -2.36. The zero-order chi connectivity index (χ0) is 24.6. The Morgan fingerprint density at radius 2 is 1.59 bits per heavy atom. The molecule has 178 valence electrons.